The van der Waals surface area contributed by atoms with Crippen LogP contribution in [0.1, 0.15) is 11.1 Å². The van der Waals surface area contributed by atoms with Crippen molar-refractivity contribution in [2.75, 3.05) is 0 Å². The van der Waals surface area contributed by atoms with Crippen LogP contribution in [0.5, 0.6) is 11.5 Å². The fraction of sp³-hybridized carbons (Fsp3) is 0.0625. The zero-order valence-electron chi connectivity index (χ0n) is 21.4. The molecule has 0 aromatic heterocycles. The average Bonchev–Trinajstić information content (AvgIpc) is 2.94. The van der Waals surface area contributed by atoms with Gasteiger partial charge in [-0.25, -0.2) is 16.8 Å². The summed E-state index contributed by atoms with van der Waals surface area (Å²) in [6, 6.07) is 33.8. The van der Waals surface area contributed by atoms with Crippen molar-refractivity contribution in [3.8, 4) is 22.6 Å². The van der Waals surface area contributed by atoms with Gasteiger partial charge in [-0.05, 0) is 97.8 Å². The molecule has 7 heteroatoms. The summed E-state index contributed by atoms with van der Waals surface area (Å²) in [5.41, 5.74) is 4.10. The van der Waals surface area contributed by atoms with Crippen LogP contribution in [0.3, 0.4) is 0 Å². The predicted octanol–water partition coefficient (Wildman–Crippen LogP) is 7.43. The molecule has 5 nitrogen and oxygen atoms in total. The van der Waals surface area contributed by atoms with Crippen LogP contribution >= 0.6 is 0 Å². The molecular weight excluding hydrogens is 528 g/mol. The van der Waals surface area contributed by atoms with Gasteiger partial charge in [-0.3, -0.25) is 0 Å². The van der Waals surface area contributed by atoms with Gasteiger partial charge in [-0.1, -0.05) is 59.7 Å². The van der Waals surface area contributed by atoms with E-state index in [1.807, 2.05) is 38.1 Å². The summed E-state index contributed by atoms with van der Waals surface area (Å²) in [6.07, 6.45) is 0. The van der Waals surface area contributed by atoms with E-state index in [9.17, 15) is 16.8 Å². The van der Waals surface area contributed by atoms with Crippen LogP contribution in [0.15, 0.2) is 141 Å². The van der Waals surface area contributed by atoms with Crippen molar-refractivity contribution in [3.05, 3.63) is 132 Å². The van der Waals surface area contributed by atoms with Gasteiger partial charge >= 0.3 is 0 Å². The van der Waals surface area contributed by atoms with E-state index in [1.165, 1.54) is 24.3 Å². The fourth-order valence-corrected chi connectivity index (χ4v) is 6.59. The lowest BCUT2D eigenvalue weighted by Gasteiger charge is -2.10. The molecule has 0 heterocycles. The van der Waals surface area contributed by atoms with Crippen molar-refractivity contribution >= 4 is 19.7 Å². The fourth-order valence-electron chi connectivity index (χ4n) is 4.07. The Bertz CT molecular complexity index is 1810. The summed E-state index contributed by atoms with van der Waals surface area (Å²) < 4.78 is 57.9. The number of hydrogen-bond acceptors (Lipinski definition) is 5. The first-order chi connectivity index (χ1) is 18.6. The van der Waals surface area contributed by atoms with Crippen LogP contribution in [-0.4, -0.2) is 16.8 Å². The summed E-state index contributed by atoms with van der Waals surface area (Å²) in [5, 5.41) is 0. The van der Waals surface area contributed by atoms with Gasteiger partial charge in [0.05, 0.1) is 19.6 Å². The summed E-state index contributed by atoms with van der Waals surface area (Å²) in [5.74, 6) is 0.859. The molecule has 0 aliphatic carbocycles. The van der Waals surface area contributed by atoms with E-state index in [4.69, 9.17) is 4.74 Å². The smallest absolute Gasteiger partial charge is 0.206 e. The molecule has 0 aliphatic heterocycles. The Labute approximate surface area is 229 Å². The third-order valence-electron chi connectivity index (χ3n) is 6.38. The van der Waals surface area contributed by atoms with Crippen LogP contribution in [-0.2, 0) is 19.7 Å². The lowest BCUT2D eigenvalue weighted by Crippen LogP contribution is -2.02. The lowest BCUT2D eigenvalue weighted by atomic mass is 10.0. The van der Waals surface area contributed by atoms with E-state index in [0.29, 0.717) is 11.5 Å². The highest BCUT2D eigenvalue weighted by Gasteiger charge is 2.19. The van der Waals surface area contributed by atoms with Crippen molar-refractivity contribution in [3.63, 3.8) is 0 Å². The van der Waals surface area contributed by atoms with Crippen LogP contribution in [0, 0.1) is 13.8 Å². The number of ether oxygens (including phenoxy) is 1. The molecule has 0 radical (unpaired) electrons. The summed E-state index contributed by atoms with van der Waals surface area (Å²) in [6.45, 7) is 3.92. The van der Waals surface area contributed by atoms with E-state index in [2.05, 4.69) is 0 Å². The molecular formula is C32H26O5S2. The Hall–Kier alpha value is -4.20. The highest BCUT2D eigenvalue weighted by Crippen LogP contribution is 2.29. The molecule has 0 bridgehead atoms. The van der Waals surface area contributed by atoms with E-state index in [0.717, 1.165) is 22.3 Å². The second-order valence-corrected chi connectivity index (χ2v) is 13.2. The van der Waals surface area contributed by atoms with Crippen LogP contribution < -0.4 is 4.74 Å². The lowest BCUT2D eigenvalue weighted by molar-refractivity contribution is 0.481. The highest BCUT2D eigenvalue weighted by atomic mass is 32.2. The van der Waals surface area contributed by atoms with Gasteiger partial charge in [0.25, 0.3) is 0 Å². The van der Waals surface area contributed by atoms with Gasteiger partial charge in [-0.15, -0.1) is 0 Å². The molecule has 0 spiro atoms. The van der Waals surface area contributed by atoms with Crippen LogP contribution in [0.2, 0.25) is 0 Å². The molecule has 0 fully saturated rings. The summed E-state index contributed by atoms with van der Waals surface area (Å²) in [4.78, 5) is 0.742. The Balaban J connectivity index is 1.29. The largest absolute Gasteiger partial charge is 0.457 e. The van der Waals surface area contributed by atoms with Gasteiger partial charge in [0, 0.05) is 0 Å². The minimum absolute atomic E-state index is 0.150. The van der Waals surface area contributed by atoms with Gasteiger partial charge in [0.15, 0.2) is 0 Å². The second kappa shape index (κ2) is 10.5. The molecule has 0 amide bonds. The molecule has 39 heavy (non-hydrogen) atoms. The third-order valence-corrected chi connectivity index (χ3v) is 9.96. The number of aryl methyl sites for hydroxylation is 2. The van der Waals surface area contributed by atoms with E-state index < -0.39 is 19.7 Å². The number of benzene rings is 5. The molecule has 0 N–H and O–H groups in total. The Kier molecular flexibility index (Phi) is 7.12. The van der Waals surface area contributed by atoms with Crippen LogP contribution in [0.25, 0.3) is 11.1 Å². The summed E-state index contributed by atoms with van der Waals surface area (Å²) >= 11 is 0. The summed E-state index contributed by atoms with van der Waals surface area (Å²) in [7, 11) is -7.34. The molecule has 0 aliphatic rings. The molecule has 0 saturated carbocycles. The first-order valence-corrected chi connectivity index (χ1v) is 15.2. The maximum absolute atomic E-state index is 13.2. The second-order valence-electron chi connectivity index (χ2n) is 9.26. The molecule has 196 valence electrons. The number of rotatable bonds is 7. The van der Waals surface area contributed by atoms with Crippen molar-refractivity contribution in [1.29, 1.82) is 0 Å². The molecule has 5 rings (SSSR count). The van der Waals surface area contributed by atoms with Crippen molar-refractivity contribution < 1.29 is 21.6 Å². The minimum Gasteiger partial charge on any atom is -0.457 e. The standard InChI is InChI=1S/C32H26O5S2/c1-23-3-7-25(8-4-23)26-9-17-30(18-10-26)39(35,36)32-21-13-28(14-22-32)37-27-11-19-31(20-12-27)38(33,34)29-15-5-24(2)6-16-29/h3-22H,1-2H3. The minimum atomic E-state index is -3.71. The normalized spacial score (nSPS) is 11.7. The predicted molar refractivity (Wildman–Crippen MR) is 152 cm³/mol. The van der Waals surface area contributed by atoms with E-state index in [-0.39, 0.29) is 19.6 Å². The number of sulfone groups is 2. The molecule has 0 saturated heterocycles. The maximum Gasteiger partial charge on any atom is 0.206 e. The first kappa shape index (κ1) is 26.4. The van der Waals surface area contributed by atoms with Gasteiger partial charge in [0.1, 0.15) is 11.5 Å². The highest BCUT2D eigenvalue weighted by molar-refractivity contribution is 7.91. The van der Waals surface area contributed by atoms with Crippen molar-refractivity contribution in [2.45, 2.75) is 33.4 Å². The van der Waals surface area contributed by atoms with Gasteiger partial charge in [-0.2, -0.15) is 0 Å². The van der Waals surface area contributed by atoms with Gasteiger partial charge < -0.3 is 4.74 Å². The molecule has 0 unspecified atom stereocenters. The third kappa shape index (κ3) is 5.65. The zero-order chi connectivity index (χ0) is 27.6. The average molecular weight is 555 g/mol. The molecule has 5 aromatic carbocycles. The quantitative estimate of drug-likeness (QED) is 0.209. The van der Waals surface area contributed by atoms with E-state index in [1.54, 1.807) is 72.8 Å². The maximum atomic E-state index is 13.2. The molecule has 0 atom stereocenters. The number of hydrogen-bond donors (Lipinski definition) is 0. The molecule has 5 aromatic rings. The van der Waals surface area contributed by atoms with Crippen molar-refractivity contribution in [1.82, 2.24) is 0 Å². The van der Waals surface area contributed by atoms with E-state index >= 15 is 0 Å². The Morgan fingerprint density at radius 1 is 0.385 bits per heavy atom. The SMILES string of the molecule is Cc1ccc(-c2ccc(S(=O)(=O)c3ccc(Oc4ccc(S(=O)(=O)c5ccc(C)cc5)cc4)cc3)cc2)cc1. The van der Waals surface area contributed by atoms with Crippen molar-refractivity contribution in [2.24, 2.45) is 0 Å². The Morgan fingerprint density at radius 3 is 1.00 bits per heavy atom. The van der Waals surface area contributed by atoms with Gasteiger partial charge in [0.2, 0.25) is 19.7 Å². The van der Waals surface area contributed by atoms with Crippen LogP contribution in [0.4, 0.5) is 0 Å². The topological polar surface area (TPSA) is 77.5 Å². The first-order valence-electron chi connectivity index (χ1n) is 12.2. The monoisotopic (exact) mass is 554 g/mol. The Morgan fingerprint density at radius 2 is 0.641 bits per heavy atom. The zero-order valence-corrected chi connectivity index (χ0v) is 23.0.